The Bertz CT molecular complexity index is 395. The third-order valence-corrected chi connectivity index (χ3v) is 2.93. The third kappa shape index (κ3) is 2.94. The van der Waals surface area contributed by atoms with E-state index in [0.717, 1.165) is 31.9 Å². The lowest BCUT2D eigenvalue weighted by molar-refractivity contribution is 0.417. The fraction of sp³-hybridized carbons (Fsp3) is 0.692. The molecule has 0 radical (unpaired) electrons. The lowest BCUT2D eigenvalue weighted by atomic mass is 9.96. The summed E-state index contributed by atoms with van der Waals surface area (Å²) < 4.78 is 0. The molecule has 4 nitrogen and oxygen atoms in total. The molecule has 1 aliphatic heterocycles. The van der Waals surface area contributed by atoms with Crippen LogP contribution in [-0.4, -0.2) is 30.1 Å². The van der Waals surface area contributed by atoms with Gasteiger partial charge in [0, 0.05) is 38.7 Å². The molecule has 0 saturated carbocycles. The molecule has 17 heavy (non-hydrogen) atoms. The Hall–Kier alpha value is -1.16. The molecule has 2 heterocycles. The Balaban J connectivity index is 2.26. The van der Waals surface area contributed by atoms with Crippen LogP contribution in [0.15, 0.2) is 6.33 Å². The molecule has 0 aliphatic carbocycles. The number of hydrogen-bond donors (Lipinski definition) is 1. The van der Waals surface area contributed by atoms with Crippen molar-refractivity contribution in [3.05, 3.63) is 17.6 Å². The lowest BCUT2D eigenvalue weighted by Crippen LogP contribution is -2.33. The summed E-state index contributed by atoms with van der Waals surface area (Å²) in [7, 11) is 2.11. The maximum atomic E-state index is 4.45. The standard InChI is InChI=1S/C13H22N4/c1-13(2,3)8-17(4)12-10-7-14-6-5-11(10)15-9-16-12/h9,14H,5-8H2,1-4H3. The summed E-state index contributed by atoms with van der Waals surface area (Å²) in [6.07, 6.45) is 2.70. The number of hydrogen-bond acceptors (Lipinski definition) is 4. The second-order valence-corrected chi connectivity index (χ2v) is 5.97. The lowest BCUT2D eigenvalue weighted by Gasteiger charge is -2.30. The molecule has 94 valence electrons. The minimum atomic E-state index is 0.272. The van der Waals surface area contributed by atoms with E-state index in [1.54, 1.807) is 6.33 Å². The van der Waals surface area contributed by atoms with Gasteiger partial charge in [0.25, 0.3) is 0 Å². The quantitative estimate of drug-likeness (QED) is 0.844. The molecule has 1 aromatic rings. The first-order valence-corrected chi connectivity index (χ1v) is 6.22. The predicted octanol–water partition coefficient (Wildman–Crippen LogP) is 1.60. The largest absolute Gasteiger partial charge is 0.359 e. The van der Waals surface area contributed by atoms with Gasteiger partial charge >= 0.3 is 0 Å². The second-order valence-electron chi connectivity index (χ2n) is 5.97. The van der Waals surface area contributed by atoms with Crippen molar-refractivity contribution in [1.82, 2.24) is 15.3 Å². The molecule has 0 fully saturated rings. The molecule has 0 amide bonds. The van der Waals surface area contributed by atoms with E-state index in [9.17, 15) is 0 Å². The summed E-state index contributed by atoms with van der Waals surface area (Å²) in [6, 6.07) is 0. The predicted molar refractivity (Wildman–Crippen MR) is 70.2 cm³/mol. The molecular weight excluding hydrogens is 212 g/mol. The minimum Gasteiger partial charge on any atom is -0.359 e. The zero-order valence-electron chi connectivity index (χ0n) is 11.2. The maximum Gasteiger partial charge on any atom is 0.136 e. The summed E-state index contributed by atoms with van der Waals surface area (Å²) in [5.74, 6) is 1.08. The first-order valence-electron chi connectivity index (χ1n) is 6.22. The Morgan fingerprint density at radius 1 is 1.35 bits per heavy atom. The highest BCUT2D eigenvalue weighted by Crippen LogP contribution is 2.24. The van der Waals surface area contributed by atoms with Crippen molar-refractivity contribution in [3.63, 3.8) is 0 Å². The van der Waals surface area contributed by atoms with Crippen molar-refractivity contribution < 1.29 is 0 Å². The van der Waals surface area contributed by atoms with Crippen molar-refractivity contribution in [2.45, 2.75) is 33.7 Å². The Kier molecular flexibility index (Phi) is 3.33. The van der Waals surface area contributed by atoms with Crippen molar-refractivity contribution in [1.29, 1.82) is 0 Å². The average molecular weight is 234 g/mol. The van der Waals surface area contributed by atoms with E-state index >= 15 is 0 Å². The van der Waals surface area contributed by atoms with Gasteiger partial charge in [0.15, 0.2) is 0 Å². The molecule has 1 aromatic heterocycles. The van der Waals surface area contributed by atoms with Crippen LogP contribution in [0.1, 0.15) is 32.0 Å². The van der Waals surface area contributed by atoms with Gasteiger partial charge < -0.3 is 10.2 Å². The van der Waals surface area contributed by atoms with E-state index in [-0.39, 0.29) is 5.41 Å². The molecule has 1 N–H and O–H groups in total. The summed E-state index contributed by atoms with van der Waals surface area (Å²) in [6.45, 7) is 9.64. The Morgan fingerprint density at radius 3 is 2.82 bits per heavy atom. The van der Waals surface area contributed by atoms with Gasteiger partial charge in [-0.2, -0.15) is 0 Å². The zero-order chi connectivity index (χ0) is 12.5. The number of nitrogens with zero attached hydrogens (tertiary/aromatic N) is 3. The van der Waals surface area contributed by atoms with E-state index in [4.69, 9.17) is 0 Å². The third-order valence-electron chi connectivity index (χ3n) is 2.93. The number of aromatic nitrogens is 2. The fourth-order valence-electron chi connectivity index (χ4n) is 2.37. The Morgan fingerprint density at radius 2 is 2.12 bits per heavy atom. The average Bonchev–Trinajstić information content (AvgIpc) is 2.26. The first-order chi connectivity index (χ1) is 7.97. The van der Waals surface area contributed by atoms with Crippen molar-refractivity contribution >= 4 is 5.82 Å². The summed E-state index contributed by atoms with van der Waals surface area (Å²) in [5.41, 5.74) is 2.74. The summed E-state index contributed by atoms with van der Waals surface area (Å²) in [4.78, 5) is 11.1. The van der Waals surface area contributed by atoms with Crippen LogP contribution in [0.3, 0.4) is 0 Å². The van der Waals surface area contributed by atoms with Crippen LogP contribution >= 0.6 is 0 Å². The SMILES string of the molecule is CN(CC(C)(C)C)c1ncnc2c1CNCC2. The van der Waals surface area contributed by atoms with Crippen LogP contribution in [-0.2, 0) is 13.0 Å². The zero-order valence-corrected chi connectivity index (χ0v) is 11.2. The van der Waals surface area contributed by atoms with Gasteiger partial charge in [-0.05, 0) is 5.41 Å². The van der Waals surface area contributed by atoms with E-state index < -0.39 is 0 Å². The molecule has 0 bridgehead atoms. The summed E-state index contributed by atoms with van der Waals surface area (Å²) in [5, 5.41) is 3.39. The number of nitrogens with one attached hydrogen (secondary N) is 1. The number of rotatable bonds is 2. The van der Waals surface area contributed by atoms with Gasteiger partial charge in [-0.15, -0.1) is 0 Å². The molecule has 1 aliphatic rings. The smallest absolute Gasteiger partial charge is 0.136 e. The van der Waals surface area contributed by atoms with Crippen molar-refractivity contribution in [2.75, 3.05) is 25.0 Å². The minimum absolute atomic E-state index is 0.272. The van der Waals surface area contributed by atoms with Crippen LogP contribution < -0.4 is 10.2 Å². The van der Waals surface area contributed by atoms with Crippen LogP contribution in [0, 0.1) is 5.41 Å². The highest BCUT2D eigenvalue weighted by Gasteiger charge is 2.20. The van der Waals surface area contributed by atoms with Gasteiger partial charge in [0.2, 0.25) is 0 Å². The fourth-order valence-corrected chi connectivity index (χ4v) is 2.37. The van der Waals surface area contributed by atoms with E-state index in [1.165, 1.54) is 11.3 Å². The van der Waals surface area contributed by atoms with E-state index in [2.05, 4.69) is 48.0 Å². The molecule has 0 atom stereocenters. The van der Waals surface area contributed by atoms with Gasteiger partial charge in [-0.1, -0.05) is 20.8 Å². The normalized spacial score (nSPS) is 15.5. The van der Waals surface area contributed by atoms with Crippen LogP contribution in [0.25, 0.3) is 0 Å². The van der Waals surface area contributed by atoms with Crippen molar-refractivity contribution in [3.8, 4) is 0 Å². The van der Waals surface area contributed by atoms with E-state index in [1.807, 2.05) is 0 Å². The maximum absolute atomic E-state index is 4.45. The first kappa shape index (κ1) is 12.3. The van der Waals surface area contributed by atoms with Gasteiger partial charge in [0.1, 0.15) is 12.1 Å². The summed E-state index contributed by atoms with van der Waals surface area (Å²) >= 11 is 0. The monoisotopic (exact) mass is 234 g/mol. The number of anilines is 1. The second kappa shape index (κ2) is 4.61. The number of fused-ring (bicyclic) bond motifs is 1. The van der Waals surface area contributed by atoms with Gasteiger partial charge in [-0.25, -0.2) is 9.97 Å². The van der Waals surface area contributed by atoms with Crippen LogP contribution in [0.2, 0.25) is 0 Å². The molecule has 0 saturated heterocycles. The highest BCUT2D eigenvalue weighted by atomic mass is 15.2. The molecule has 0 unspecified atom stereocenters. The van der Waals surface area contributed by atoms with Gasteiger partial charge in [0.05, 0.1) is 5.69 Å². The molecular formula is C13H22N4. The molecule has 0 spiro atoms. The van der Waals surface area contributed by atoms with E-state index in [0.29, 0.717) is 0 Å². The molecule has 4 heteroatoms. The highest BCUT2D eigenvalue weighted by molar-refractivity contribution is 5.48. The Labute approximate surface area is 103 Å². The molecule has 0 aromatic carbocycles. The van der Waals surface area contributed by atoms with Crippen LogP contribution in [0.5, 0.6) is 0 Å². The molecule has 2 rings (SSSR count). The van der Waals surface area contributed by atoms with Gasteiger partial charge in [-0.3, -0.25) is 0 Å². The topological polar surface area (TPSA) is 41.1 Å². The van der Waals surface area contributed by atoms with Crippen molar-refractivity contribution in [2.24, 2.45) is 5.41 Å². The van der Waals surface area contributed by atoms with Crippen LogP contribution in [0.4, 0.5) is 5.82 Å².